The molecule has 0 saturated carbocycles. The molecule has 1 fully saturated rings. The summed E-state index contributed by atoms with van der Waals surface area (Å²) < 4.78 is 0. The number of aliphatic imine (C=N–C) groups is 1. The Balaban J connectivity index is 0.00000288. The molecule has 2 aliphatic rings. The Kier molecular flexibility index (Phi) is 11.1. The van der Waals surface area contributed by atoms with Crippen LogP contribution in [0.25, 0.3) is 0 Å². The van der Waals surface area contributed by atoms with Crippen LogP contribution in [0.5, 0.6) is 0 Å². The van der Waals surface area contributed by atoms with E-state index in [4.69, 9.17) is 0 Å². The second kappa shape index (κ2) is 12.6. The maximum Gasteiger partial charge on any atom is 0.222 e. The van der Waals surface area contributed by atoms with Gasteiger partial charge in [0.05, 0.1) is 0 Å². The molecule has 0 atom stereocenters. The lowest BCUT2D eigenvalue weighted by molar-refractivity contribution is -0.127. The van der Waals surface area contributed by atoms with E-state index in [0.717, 1.165) is 64.4 Å². The van der Waals surface area contributed by atoms with Gasteiger partial charge in [0.25, 0.3) is 0 Å². The fourth-order valence-electron chi connectivity index (χ4n) is 3.21. The van der Waals surface area contributed by atoms with Gasteiger partial charge in [0.15, 0.2) is 5.96 Å². The molecule has 138 valence electrons. The minimum Gasteiger partial charge on any atom is -0.357 e. The summed E-state index contributed by atoms with van der Waals surface area (Å²) in [5, 5.41) is 6.72. The van der Waals surface area contributed by atoms with Crippen LogP contribution in [0.3, 0.4) is 0 Å². The number of hydrogen-bond acceptors (Lipinski definition) is 2. The molecule has 1 aliphatic carbocycles. The second-order valence-electron chi connectivity index (χ2n) is 6.38. The molecule has 0 radical (unpaired) electrons. The smallest absolute Gasteiger partial charge is 0.222 e. The Bertz CT molecular complexity index is 437. The molecule has 2 rings (SSSR count). The SMILES string of the molecule is CCNC(=NCCCN1CCCC1=O)NCCC1=CCCCC1.I. The van der Waals surface area contributed by atoms with E-state index < -0.39 is 0 Å². The van der Waals surface area contributed by atoms with Crippen molar-refractivity contribution in [1.29, 1.82) is 0 Å². The summed E-state index contributed by atoms with van der Waals surface area (Å²) in [4.78, 5) is 18.1. The molecule has 1 aliphatic heterocycles. The molecule has 6 heteroatoms. The predicted molar refractivity (Wildman–Crippen MR) is 111 cm³/mol. The molecule has 1 amide bonds. The van der Waals surface area contributed by atoms with Gasteiger partial charge in [-0.2, -0.15) is 0 Å². The van der Waals surface area contributed by atoms with E-state index in [-0.39, 0.29) is 24.0 Å². The largest absolute Gasteiger partial charge is 0.357 e. The topological polar surface area (TPSA) is 56.7 Å². The highest BCUT2D eigenvalue weighted by molar-refractivity contribution is 14.0. The van der Waals surface area contributed by atoms with Crippen molar-refractivity contribution < 1.29 is 4.79 Å². The quantitative estimate of drug-likeness (QED) is 0.197. The molecular formula is C18H33IN4O. The average Bonchev–Trinajstić information content (AvgIpc) is 2.97. The number of hydrogen-bond donors (Lipinski definition) is 2. The standard InChI is InChI=1S/C18H32N4O.HI/c1-2-19-18(21-13-11-16-8-4-3-5-9-16)20-12-7-15-22-14-6-10-17(22)23;/h8H,2-7,9-15H2,1H3,(H2,19,20,21);1H. The van der Waals surface area contributed by atoms with Crippen molar-refractivity contribution in [2.75, 3.05) is 32.7 Å². The number of rotatable bonds is 8. The van der Waals surface area contributed by atoms with E-state index in [2.05, 4.69) is 28.6 Å². The van der Waals surface area contributed by atoms with E-state index >= 15 is 0 Å². The number of carbonyl (C=O) groups excluding carboxylic acids is 1. The summed E-state index contributed by atoms with van der Waals surface area (Å²) in [7, 11) is 0. The Morgan fingerprint density at radius 1 is 1.25 bits per heavy atom. The monoisotopic (exact) mass is 448 g/mol. The van der Waals surface area contributed by atoms with E-state index in [1.165, 1.54) is 25.7 Å². The number of amides is 1. The van der Waals surface area contributed by atoms with Gasteiger partial charge >= 0.3 is 0 Å². The van der Waals surface area contributed by atoms with Crippen LogP contribution < -0.4 is 10.6 Å². The molecule has 1 heterocycles. The Morgan fingerprint density at radius 2 is 2.12 bits per heavy atom. The molecule has 0 aromatic carbocycles. The fraction of sp³-hybridized carbons (Fsp3) is 0.778. The summed E-state index contributed by atoms with van der Waals surface area (Å²) in [6.07, 6.45) is 11.4. The van der Waals surface area contributed by atoms with E-state index in [1.54, 1.807) is 5.57 Å². The van der Waals surface area contributed by atoms with Gasteiger partial charge in [-0.25, -0.2) is 0 Å². The Hall–Kier alpha value is -0.790. The third-order valence-corrected chi connectivity index (χ3v) is 4.50. The Morgan fingerprint density at radius 3 is 2.79 bits per heavy atom. The molecule has 1 saturated heterocycles. The van der Waals surface area contributed by atoms with Crippen molar-refractivity contribution in [3.05, 3.63) is 11.6 Å². The summed E-state index contributed by atoms with van der Waals surface area (Å²) >= 11 is 0. The predicted octanol–water partition coefficient (Wildman–Crippen LogP) is 3.06. The number of guanidine groups is 1. The summed E-state index contributed by atoms with van der Waals surface area (Å²) in [6, 6.07) is 0. The number of likely N-dealkylation sites (tertiary alicyclic amines) is 1. The third-order valence-electron chi connectivity index (χ3n) is 4.50. The van der Waals surface area contributed by atoms with Crippen molar-refractivity contribution in [3.63, 3.8) is 0 Å². The van der Waals surface area contributed by atoms with Gasteiger partial charge in [-0.15, -0.1) is 24.0 Å². The molecule has 0 bridgehead atoms. The van der Waals surface area contributed by atoms with Crippen LogP contribution >= 0.6 is 24.0 Å². The fourth-order valence-corrected chi connectivity index (χ4v) is 3.21. The van der Waals surface area contributed by atoms with Gasteiger partial charge in [-0.05, 0) is 51.9 Å². The zero-order valence-electron chi connectivity index (χ0n) is 15.0. The number of nitrogens with zero attached hydrogens (tertiary/aromatic N) is 2. The Labute approximate surface area is 163 Å². The molecular weight excluding hydrogens is 415 g/mol. The first-order valence-corrected chi connectivity index (χ1v) is 9.27. The highest BCUT2D eigenvalue weighted by atomic mass is 127. The molecule has 5 nitrogen and oxygen atoms in total. The molecule has 0 unspecified atom stereocenters. The first kappa shape index (κ1) is 21.3. The lowest BCUT2D eigenvalue weighted by atomic mass is 9.97. The maximum absolute atomic E-state index is 11.6. The maximum atomic E-state index is 11.6. The first-order valence-electron chi connectivity index (χ1n) is 9.27. The third kappa shape index (κ3) is 7.85. The van der Waals surface area contributed by atoms with Gasteiger partial charge < -0.3 is 15.5 Å². The van der Waals surface area contributed by atoms with Crippen LogP contribution in [-0.2, 0) is 4.79 Å². The van der Waals surface area contributed by atoms with Gasteiger partial charge in [0.2, 0.25) is 5.91 Å². The summed E-state index contributed by atoms with van der Waals surface area (Å²) in [6.45, 7) is 6.44. The van der Waals surface area contributed by atoms with Crippen LogP contribution in [0, 0.1) is 0 Å². The van der Waals surface area contributed by atoms with Crippen LogP contribution in [0.2, 0.25) is 0 Å². The molecule has 0 aromatic heterocycles. The van der Waals surface area contributed by atoms with Crippen molar-refractivity contribution >= 4 is 35.8 Å². The van der Waals surface area contributed by atoms with E-state index in [9.17, 15) is 4.79 Å². The number of halogens is 1. The summed E-state index contributed by atoms with van der Waals surface area (Å²) in [5.74, 6) is 1.21. The molecule has 24 heavy (non-hydrogen) atoms. The zero-order chi connectivity index (χ0) is 16.3. The molecule has 0 aromatic rings. The van der Waals surface area contributed by atoms with Crippen LogP contribution in [0.15, 0.2) is 16.6 Å². The van der Waals surface area contributed by atoms with Gasteiger partial charge in [-0.3, -0.25) is 9.79 Å². The van der Waals surface area contributed by atoms with Gasteiger partial charge in [-0.1, -0.05) is 11.6 Å². The lowest BCUT2D eigenvalue weighted by Gasteiger charge is -2.16. The van der Waals surface area contributed by atoms with Crippen molar-refractivity contribution in [2.24, 2.45) is 4.99 Å². The average molecular weight is 448 g/mol. The number of allylic oxidation sites excluding steroid dienone is 1. The van der Waals surface area contributed by atoms with Gasteiger partial charge in [0.1, 0.15) is 0 Å². The van der Waals surface area contributed by atoms with E-state index in [1.807, 2.05) is 4.90 Å². The minimum atomic E-state index is 0. The number of nitrogens with one attached hydrogen (secondary N) is 2. The first-order chi connectivity index (χ1) is 11.3. The normalized spacial score (nSPS) is 18.2. The lowest BCUT2D eigenvalue weighted by Crippen LogP contribution is -2.38. The molecule has 0 spiro atoms. The van der Waals surface area contributed by atoms with Crippen LogP contribution in [0.1, 0.15) is 58.3 Å². The van der Waals surface area contributed by atoms with Gasteiger partial charge in [0, 0.05) is 39.1 Å². The highest BCUT2D eigenvalue weighted by Gasteiger charge is 2.18. The minimum absolute atomic E-state index is 0. The van der Waals surface area contributed by atoms with E-state index in [0.29, 0.717) is 5.91 Å². The summed E-state index contributed by atoms with van der Waals surface area (Å²) in [5.41, 5.74) is 1.59. The van der Waals surface area contributed by atoms with Crippen molar-refractivity contribution in [2.45, 2.75) is 58.3 Å². The van der Waals surface area contributed by atoms with Crippen LogP contribution in [0.4, 0.5) is 0 Å². The highest BCUT2D eigenvalue weighted by Crippen LogP contribution is 2.19. The van der Waals surface area contributed by atoms with Crippen molar-refractivity contribution in [3.8, 4) is 0 Å². The zero-order valence-corrected chi connectivity index (χ0v) is 17.3. The molecule has 2 N–H and O–H groups in total. The second-order valence-corrected chi connectivity index (χ2v) is 6.38. The number of carbonyl (C=O) groups is 1. The van der Waals surface area contributed by atoms with Crippen LogP contribution in [-0.4, -0.2) is 49.5 Å². The van der Waals surface area contributed by atoms with Crippen molar-refractivity contribution in [1.82, 2.24) is 15.5 Å².